The molecule has 2 rings (SSSR count). The van der Waals surface area contributed by atoms with Gasteiger partial charge >= 0.3 is 0 Å². The van der Waals surface area contributed by atoms with Crippen molar-refractivity contribution in [1.82, 2.24) is 5.32 Å². The highest BCUT2D eigenvalue weighted by molar-refractivity contribution is 5.98. The predicted molar refractivity (Wildman–Crippen MR) is 79.2 cm³/mol. The fourth-order valence-corrected chi connectivity index (χ4v) is 2.78. The third kappa shape index (κ3) is 2.83. The molecule has 1 N–H and O–H groups in total. The van der Waals surface area contributed by atoms with Crippen LogP contribution in [0.25, 0.3) is 0 Å². The lowest BCUT2D eigenvalue weighted by molar-refractivity contribution is -0.127. The third-order valence-electron chi connectivity index (χ3n) is 4.13. The summed E-state index contributed by atoms with van der Waals surface area (Å²) in [6.07, 6.45) is 2.06. The van der Waals surface area contributed by atoms with E-state index >= 15 is 0 Å². The van der Waals surface area contributed by atoms with E-state index in [2.05, 4.69) is 18.3 Å². The van der Waals surface area contributed by atoms with Crippen molar-refractivity contribution in [2.75, 3.05) is 24.5 Å². The van der Waals surface area contributed by atoms with Gasteiger partial charge in [0.2, 0.25) is 5.91 Å². The molecule has 1 aromatic carbocycles. The number of nitriles is 1. The molecule has 20 heavy (non-hydrogen) atoms. The number of carbonyl (C=O) groups is 1. The van der Waals surface area contributed by atoms with Gasteiger partial charge in [-0.3, -0.25) is 4.79 Å². The van der Waals surface area contributed by atoms with Crippen molar-refractivity contribution in [2.24, 2.45) is 5.41 Å². The van der Waals surface area contributed by atoms with Crippen molar-refractivity contribution >= 4 is 11.6 Å². The van der Waals surface area contributed by atoms with Gasteiger partial charge in [-0.05, 0) is 31.5 Å². The molecule has 0 aromatic heterocycles. The first-order chi connectivity index (χ1) is 9.73. The molecule has 4 heteroatoms. The van der Waals surface area contributed by atoms with Crippen LogP contribution in [0, 0.1) is 16.7 Å². The minimum atomic E-state index is -0.314. The van der Waals surface area contributed by atoms with E-state index in [1.807, 2.05) is 30.3 Å². The van der Waals surface area contributed by atoms with Crippen LogP contribution in [-0.4, -0.2) is 25.5 Å². The molecular weight excluding hydrogens is 250 g/mol. The van der Waals surface area contributed by atoms with Crippen LogP contribution in [0.2, 0.25) is 0 Å². The molecule has 1 heterocycles. The summed E-state index contributed by atoms with van der Waals surface area (Å²) in [6.45, 7) is 4.15. The van der Waals surface area contributed by atoms with Gasteiger partial charge in [-0.25, -0.2) is 0 Å². The average Bonchev–Trinajstić information content (AvgIpc) is 2.98. The zero-order valence-corrected chi connectivity index (χ0v) is 11.9. The molecule has 0 spiro atoms. The molecule has 4 nitrogen and oxygen atoms in total. The van der Waals surface area contributed by atoms with Crippen LogP contribution in [0.5, 0.6) is 0 Å². The van der Waals surface area contributed by atoms with Crippen LogP contribution < -0.4 is 10.2 Å². The highest BCUT2D eigenvalue weighted by Crippen LogP contribution is 2.33. The first-order valence-electron chi connectivity index (χ1n) is 7.18. The summed E-state index contributed by atoms with van der Waals surface area (Å²) < 4.78 is 0. The van der Waals surface area contributed by atoms with Crippen molar-refractivity contribution in [2.45, 2.75) is 26.2 Å². The van der Waals surface area contributed by atoms with Crippen LogP contribution in [-0.2, 0) is 4.79 Å². The maximum atomic E-state index is 13.0. The molecule has 1 aromatic rings. The molecule has 1 unspecified atom stereocenters. The topological polar surface area (TPSA) is 56.1 Å². The van der Waals surface area contributed by atoms with Crippen molar-refractivity contribution < 1.29 is 4.79 Å². The van der Waals surface area contributed by atoms with Crippen LogP contribution in [0.15, 0.2) is 30.3 Å². The Balaban J connectivity index is 2.27. The molecule has 106 valence electrons. The number of anilines is 1. The number of hydrogen-bond acceptors (Lipinski definition) is 3. The zero-order chi connectivity index (χ0) is 14.4. The maximum absolute atomic E-state index is 13.0. The van der Waals surface area contributed by atoms with E-state index in [1.165, 1.54) is 0 Å². The lowest BCUT2D eigenvalue weighted by atomic mass is 9.82. The molecule has 1 atom stereocenters. The Morgan fingerprint density at radius 1 is 1.45 bits per heavy atom. The largest absolute Gasteiger partial charge is 0.316 e. The summed E-state index contributed by atoms with van der Waals surface area (Å²) in [5.41, 5.74) is 0.568. The first kappa shape index (κ1) is 14.5. The predicted octanol–water partition coefficient (Wildman–Crippen LogP) is 2.32. The van der Waals surface area contributed by atoms with Gasteiger partial charge in [0.1, 0.15) is 0 Å². The minimum Gasteiger partial charge on any atom is -0.316 e. The smallest absolute Gasteiger partial charge is 0.234 e. The van der Waals surface area contributed by atoms with Crippen LogP contribution in [0.1, 0.15) is 26.2 Å². The fraction of sp³-hybridized carbons (Fsp3) is 0.500. The van der Waals surface area contributed by atoms with Gasteiger partial charge in [0.15, 0.2) is 0 Å². The van der Waals surface area contributed by atoms with E-state index in [0.29, 0.717) is 13.0 Å². The number of para-hydroxylation sites is 1. The summed E-state index contributed by atoms with van der Waals surface area (Å²) in [4.78, 5) is 14.8. The van der Waals surface area contributed by atoms with Gasteiger partial charge in [-0.15, -0.1) is 0 Å². The second-order valence-corrected chi connectivity index (χ2v) is 5.26. The molecule has 1 fully saturated rings. The Hall–Kier alpha value is -1.86. The molecule has 1 amide bonds. The molecule has 1 aliphatic rings. The van der Waals surface area contributed by atoms with Gasteiger partial charge in [0, 0.05) is 18.8 Å². The fourth-order valence-electron chi connectivity index (χ4n) is 2.78. The Bertz CT molecular complexity index is 486. The van der Waals surface area contributed by atoms with Gasteiger partial charge in [-0.2, -0.15) is 5.26 Å². The second-order valence-electron chi connectivity index (χ2n) is 5.26. The van der Waals surface area contributed by atoms with Gasteiger partial charge < -0.3 is 10.2 Å². The van der Waals surface area contributed by atoms with Crippen molar-refractivity contribution in [3.8, 4) is 6.07 Å². The quantitative estimate of drug-likeness (QED) is 0.894. The lowest BCUT2D eigenvalue weighted by Gasteiger charge is -2.33. The van der Waals surface area contributed by atoms with E-state index in [0.717, 1.165) is 31.6 Å². The minimum absolute atomic E-state index is 0.145. The second kappa shape index (κ2) is 6.53. The number of carbonyl (C=O) groups excluding carboxylic acids is 1. The highest BCUT2D eigenvalue weighted by atomic mass is 16.2. The number of rotatable bonds is 5. The van der Waals surface area contributed by atoms with Crippen molar-refractivity contribution in [3.05, 3.63) is 30.3 Å². The first-order valence-corrected chi connectivity index (χ1v) is 7.18. The third-order valence-corrected chi connectivity index (χ3v) is 4.13. The van der Waals surface area contributed by atoms with Crippen LogP contribution in [0.4, 0.5) is 5.69 Å². The molecule has 1 saturated heterocycles. The number of hydrogen-bond donors (Lipinski definition) is 1. The van der Waals surface area contributed by atoms with Crippen molar-refractivity contribution in [3.63, 3.8) is 0 Å². The summed E-state index contributed by atoms with van der Waals surface area (Å²) in [5, 5.41) is 12.1. The summed E-state index contributed by atoms with van der Waals surface area (Å²) >= 11 is 0. The van der Waals surface area contributed by atoms with E-state index in [9.17, 15) is 4.79 Å². The SMILES string of the molecule is CCC1(C(=O)N(CCC#N)c2ccccc2)CCNC1. The molecule has 1 aliphatic heterocycles. The molecule has 0 bridgehead atoms. The maximum Gasteiger partial charge on any atom is 0.234 e. The Kier molecular flexibility index (Phi) is 4.75. The Morgan fingerprint density at radius 2 is 2.20 bits per heavy atom. The summed E-state index contributed by atoms with van der Waals surface area (Å²) in [5.74, 6) is 0.145. The number of nitrogens with zero attached hydrogens (tertiary/aromatic N) is 2. The van der Waals surface area contributed by atoms with Gasteiger partial charge in [-0.1, -0.05) is 25.1 Å². The molecule has 0 aliphatic carbocycles. The van der Waals surface area contributed by atoms with Gasteiger partial charge in [0.25, 0.3) is 0 Å². The van der Waals surface area contributed by atoms with Gasteiger partial charge in [0.05, 0.1) is 17.9 Å². The van der Waals surface area contributed by atoms with Crippen LogP contribution >= 0.6 is 0 Å². The lowest BCUT2D eigenvalue weighted by Crippen LogP contribution is -2.45. The number of nitrogens with one attached hydrogen (secondary N) is 1. The standard InChI is InChI=1S/C16H21N3O/c1-2-16(9-11-18-13-16)15(20)19(12-6-10-17)14-7-4-3-5-8-14/h3-5,7-8,18H,2,6,9,11-13H2,1H3. The van der Waals surface area contributed by atoms with E-state index in [-0.39, 0.29) is 11.3 Å². The van der Waals surface area contributed by atoms with Crippen molar-refractivity contribution in [1.29, 1.82) is 5.26 Å². The van der Waals surface area contributed by atoms with E-state index < -0.39 is 0 Å². The summed E-state index contributed by atoms with van der Waals surface area (Å²) in [6, 6.07) is 11.8. The van der Waals surface area contributed by atoms with Crippen LogP contribution in [0.3, 0.4) is 0 Å². The Morgan fingerprint density at radius 3 is 2.75 bits per heavy atom. The Labute approximate surface area is 120 Å². The summed E-state index contributed by atoms with van der Waals surface area (Å²) in [7, 11) is 0. The molecule has 0 radical (unpaired) electrons. The monoisotopic (exact) mass is 271 g/mol. The normalized spacial score (nSPS) is 21.4. The van der Waals surface area contributed by atoms with E-state index in [4.69, 9.17) is 5.26 Å². The number of amides is 1. The van der Waals surface area contributed by atoms with E-state index in [1.54, 1.807) is 4.90 Å². The highest BCUT2D eigenvalue weighted by Gasteiger charge is 2.42. The number of benzene rings is 1. The molecule has 0 saturated carbocycles. The zero-order valence-electron chi connectivity index (χ0n) is 11.9. The molecular formula is C16H21N3O. The average molecular weight is 271 g/mol.